The van der Waals surface area contributed by atoms with Gasteiger partial charge in [-0.15, -0.1) is 0 Å². The minimum atomic E-state index is -1.01. The number of carbonyl (C=O) groups excluding carboxylic acids is 1. The van der Waals surface area contributed by atoms with E-state index < -0.39 is 12.0 Å². The van der Waals surface area contributed by atoms with Crippen molar-refractivity contribution < 1.29 is 19.8 Å². The maximum atomic E-state index is 12.6. The molecule has 1 aliphatic rings. The number of halogens is 1. The topological polar surface area (TPSA) is 77.8 Å². The van der Waals surface area contributed by atoms with Gasteiger partial charge < -0.3 is 15.1 Å². The molecule has 2 aromatic carbocycles. The number of carboxylic acid groups (broad SMARTS) is 1. The minimum Gasteiger partial charge on any atom is -0.506 e. The van der Waals surface area contributed by atoms with Crippen LogP contribution >= 0.6 is 11.6 Å². The fourth-order valence-corrected chi connectivity index (χ4v) is 3.15. The number of phenols is 1. The Kier molecular flexibility index (Phi) is 4.44. The SMILES string of the molecule is O=C(O)C1Cc2ccccc2CN1C(=O)Cc1ccc(O)c(Cl)c1. The highest BCUT2D eigenvalue weighted by Crippen LogP contribution is 2.26. The molecule has 2 N–H and O–H groups in total. The molecule has 0 saturated carbocycles. The van der Waals surface area contributed by atoms with E-state index in [4.69, 9.17) is 11.6 Å². The van der Waals surface area contributed by atoms with Crippen molar-refractivity contribution in [3.05, 3.63) is 64.2 Å². The van der Waals surface area contributed by atoms with E-state index in [2.05, 4.69) is 0 Å². The highest BCUT2D eigenvalue weighted by atomic mass is 35.5. The van der Waals surface area contributed by atoms with E-state index >= 15 is 0 Å². The van der Waals surface area contributed by atoms with Gasteiger partial charge in [-0.1, -0.05) is 41.9 Å². The molecule has 6 heteroatoms. The Labute approximate surface area is 144 Å². The van der Waals surface area contributed by atoms with Crippen LogP contribution in [0.3, 0.4) is 0 Å². The molecular weight excluding hydrogens is 330 g/mol. The van der Waals surface area contributed by atoms with Gasteiger partial charge in [0.05, 0.1) is 11.4 Å². The molecule has 1 aliphatic heterocycles. The average Bonchev–Trinajstić information content (AvgIpc) is 2.57. The van der Waals surface area contributed by atoms with Gasteiger partial charge in [0.25, 0.3) is 0 Å². The first-order chi connectivity index (χ1) is 11.5. The normalized spacial score (nSPS) is 16.5. The highest BCUT2D eigenvalue weighted by Gasteiger charge is 2.34. The summed E-state index contributed by atoms with van der Waals surface area (Å²) in [6, 6.07) is 11.2. The predicted octanol–water partition coefficient (Wildman–Crippen LogP) is 2.63. The van der Waals surface area contributed by atoms with Crippen LogP contribution in [0.1, 0.15) is 16.7 Å². The first-order valence-corrected chi connectivity index (χ1v) is 7.90. The quantitative estimate of drug-likeness (QED) is 0.896. The molecule has 3 rings (SSSR count). The lowest BCUT2D eigenvalue weighted by molar-refractivity contribution is -0.151. The number of amides is 1. The summed E-state index contributed by atoms with van der Waals surface area (Å²) in [5.41, 5.74) is 2.56. The number of hydrogen-bond donors (Lipinski definition) is 2. The summed E-state index contributed by atoms with van der Waals surface area (Å²) in [6.07, 6.45) is 0.333. The van der Waals surface area contributed by atoms with Gasteiger partial charge in [-0.2, -0.15) is 0 Å². The number of nitrogens with zero attached hydrogens (tertiary/aromatic N) is 1. The Bertz CT molecular complexity index is 805. The molecule has 0 aromatic heterocycles. The van der Waals surface area contributed by atoms with Crippen molar-refractivity contribution >= 4 is 23.5 Å². The van der Waals surface area contributed by atoms with Gasteiger partial charge in [0.2, 0.25) is 5.91 Å². The van der Waals surface area contributed by atoms with E-state index in [0.717, 1.165) is 11.1 Å². The van der Waals surface area contributed by atoms with Crippen LogP contribution in [0.4, 0.5) is 0 Å². The fourth-order valence-electron chi connectivity index (χ4n) is 2.94. The Hall–Kier alpha value is -2.53. The van der Waals surface area contributed by atoms with Crippen LogP contribution in [-0.4, -0.2) is 33.0 Å². The summed E-state index contributed by atoms with van der Waals surface area (Å²) in [5.74, 6) is -1.34. The Morgan fingerprint density at radius 1 is 1.17 bits per heavy atom. The molecule has 124 valence electrons. The molecule has 0 bridgehead atoms. The lowest BCUT2D eigenvalue weighted by Gasteiger charge is -2.34. The minimum absolute atomic E-state index is 0.0337. The number of rotatable bonds is 3. The summed E-state index contributed by atoms with van der Waals surface area (Å²) in [6.45, 7) is 0.276. The number of aliphatic carboxylic acids is 1. The van der Waals surface area contributed by atoms with Crippen LogP contribution in [0, 0.1) is 0 Å². The van der Waals surface area contributed by atoms with Crippen molar-refractivity contribution in [2.75, 3.05) is 0 Å². The van der Waals surface area contributed by atoms with Gasteiger partial charge in [-0.05, 0) is 28.8 Å². The number of phenolic OH excluding ortho intramolecular Hbond substituents is 1. The molecule has 1 atom stereocenters. The number of benzene rings is 2. The lowest BCUT2D eigenvalue weighted by Crippen LogP contribution is -2.49. The predicted molar refractivity (Wildman–Crippen MR) is 88.9 cm³/mol. The van der Waals surface area contributed by atoms with Crippen molar-refractivity contribution in [2.45, 2.75) is 25.4 Å². The van der Waals surface area contributed by atoms with E-state index in [-0.39, 0.29) is 29.6 Å². The second-order valence-electron chi connectivity index (χ2n) is 5.81. The summed E-state index contributed by atoms with van der Waals surface area (Å²) in [7, 11) is 0. The molecule has 1 unspecified atom stereocenters. The second kappa shape index (κ2) is 6.53. The van der Waals surface area contributed by atoms with E-state index in [1.54, 1.807) is 6.07 Å². The molecule has 0 fully saturated rings. The molecule has 2 aromatic rings. The third-order valence-corrected chi connectivity index (χ3v) is 4.52. The van der Waals surface area contributed by atoms with Crippen molar-refractivity contribution in [1.82, 2.24) is 4.90 Å². The third-order valence-electron chi connectivity index (χ3n) is 4.22. The standard InChI is InChI=1S/C18H16ClNO4/c19-14-7-11(5-6-16(14)21)8-17(22)20-10-13-4-2-1-3-12(13)9-15(20)18(23)24/h1-7,15,21H,8-10H2,(H,23,24). The van der Waals surface area contributed by atoms with Gasteiger partial charge in [0.1, 0.15) is 11.8 Å². The highest BCUT2D eigenvalue weighted by molar-refractivity contribution is 6.32. The number of fused-ring (bicyclic) bond motifs is 1. The van der Waals surface area contributed by atoms with Gasteiger partial charge in [-0.25, -0.2) is 4.79 Å². The summed E-state index contributed by atoms with van der Waals surface area (Å²) in [4.78, 5) is 25.6. The first-order valence-electron chi connectivity index (χ1n) is 7.52. The molecule has 0 radical (unpaired) electrons. The summed E-state index contributed by atoms with van der Waals surface area (Å²) < 4.78 is 0. The molecule has 24 heavy (non-hydrogen) atoms. The van der Waals surface area contributed by atoms with Crippen molar-refractivity contribution in [1.29, 1.82) is 0 Å². The summed E-state index contributed by atoms with van der Waals surface area (Å²) in [5, 5.41) is 19.1. The first kappa shape index (κ1) is 16.3. The van der Waals surface area contributed by atoms with Gasteiger partial charge >= 0.3 is 5.97 Å². The van der Waals surface area contributed by atoms with E-state index in [1.807, 2.05) is 24.3 Å². The largest absolute Gasteiger partial charge is 0.506 e. The number of hydrogen-bond acceptors (Lipinski definition) is 3. The molecule has 0 spiro atoms. The van der Waals surface area contributed by atoms with E-state index in [9.17, 15) is 19.8 Å². The Morgan fingerprint density at radius 2 is 1.88 bits per heavy atom. The van der Waals surface area contributed by atoms with E-state index in [1.165, 1.54) is 17.0 Å². The van der Waals surface area contributed by atoms with Crippen LogP contribution in [0.5, 0.6) is 5.75 Å². The monoisotopic (exact) mass is 345 g/mol. The van der Waals surface area contributed by atoms with Gasteiger partial charge in [-0.3, -0.25) is 4.79 Å². The summed E-state index contributed by atoms with van der Waals surface area (Å²) >= 11 is 5.86. The van der Waals surface area contributed by atoms with E-state index in [0.29, 0.717) is 12.0 Å². The molecule has 1 heterocycles. The molecule has 5 nitrogen and oxygen atoms in total. The second-order valence-corrected chi connectivity index (χ2v) is 6.22. The molecule has 1 amide bonds. The van der Waals surface area contributed by atoms with Crippen molar-refractivity contribution in [3.8, 4) is 5.75 Å². The maximum Gasteiger partial charge on any atom is 0.326 e. The zero-order chi connectivity index (χ0) is 17.3. The van der Waals surface area contributed by atoms with Crippen molar-refractivity contribution in [2.24, 2.45) is 0 Å². The Morgan fingerprint density at radius 3 is 2.54 bits per heavy atom. The fraction of sp³-hybridized carbons (Fsp3) is 0.222. The third kappa shape index (κ3) is 3.21. The molecule has 0 saturated heterocycles. The molecule has 0 aliphatic carbocycles. The van der Waals surface area contributed by atoms with Gasteiger partial charge in [0.15, 0.2) is 0 Å². The number of aromatic hydroxyl groups is 1. The number of carboxylic acids is 1. The molecular formula is C18H16ClNO4. The van der Waals surface area contributed by atoms with Crippen LogP contribution in [-0.2, 0) is 29.0 Å². The van der Waals surface area contributed by atoms with Crippen molar-refractivity contribution in [3.63, 3.8) is 0 Å². The van der Waals surface area contributed by atoms with Crippen LogP contribution < -0.4 is 0 Å². The van der Waals surface area contributed by atoms with Crippen LogP contribution in [0.15, 0.2) is 42.5 Å². The number of carbonyl (C=O) groups is 2. The van der Waals surface area contributed by atoms with Crippen LogP contribution in [0.25, 0.3) is 0 Å². The zero-order valence-corrected chi connectivity index (χ0v) is 13.5. The maximum absolute atomic E-state index is 12.6. The van der Waals surface area contributed by atoms with Gasteiger partial charge in [0, 0.05) is 13.0 Å². The average molecular weight is 346 g/mol. The van der Waals surface area contributed by atoms with Crippen LogP contribution in [0.2, 0.25) is 5.02 Å². The Balaban J connectivity index is 1.84. The lowest BCUT2D eigenvalue weighted by atomic mass is 9.93. The smallest absolute Gasteiger partial charge is 0.326 e. The zero-order valence-electron chi connectivity index (χ0n) is 12.8.